The predicted octanol–water partition coefficient (Wildman–Crippen LogP) is 1.19. The molecule has 1 rings (SSSR count). The molecule has 5 nitrogen and oxygen atoms in total. The molecule has 19 heavy (non-hydrogen) atoms. The summed E-state index contributed by atoms with van der Waals surface area (Å²) in [6, 6.07) is -0.0645. The van der Waals surface area contributed by atoms with Crippen LogP contribution in [0.3, 0.4) is 0 Å². The van der Waals surface area contributed by atoms with Gasteiger partial charge in [0.15, 0.2) is 0 Å². The van der Waals surface area contributed by atoms with Gasteiger partial charge in [-0.25, -0.2) is 4.72 Å². The monoisotopic (exact) mass is 291 g/mol. The zero-order valence-corrected chi connectivity index (χ0v) is 13.5. The summed E-state index contributed by atoms with van der Waals surface area (Å²) >= 11 is 0. The van der Waals surface area contributed by atoms with Crippen molar-refractivity contribution in [3.63, 3.8) is 0 Å². The van der Waals surface area contributed by atoms with E-state index in [0.717, 1.165) is 32.5 Å². The van der Waals surface area contributed by atoms with Crippen molar-refractivity contribution in [1.29, 1.82) is 0 Å². The Balaban J connectivity index is 2.26. The minimum absolute atomic E-state index is 0.0645. The lowest BCUT2D eigenvalue weighted by Gasteiger charge is -2.33. The Morgan fingerprint density at radius 1 is 1.16 bits per heavy atom. The summed E-state index contributed by atoms with van der Waals surface area (Å²) in [6.07, 6.45) is 2.16. The lowest BCUT2D eigenvalue weighted by Crippen LogP contribution is -2.44. The van der Waals surface area contributed by atoms with Crippen molar-refractivity contribution >= 4 is 10.2 Å². The van der Waals surface area contributed by atoms with Crippen molar-refractivity contribution in [2.45, 2.75) is 46.6 Å². The standard InChI is InChI=1S/C13H29N3O2S/c1-11(2)10-16-7-5-13(6-8-16)9-14-19(17,18)15-12(3)4/h11-15H,5-10H2,1-4H3. The number of hydrogen-bond donors (Lipinski definition) is 2. The molecule has 2 N–H and O–H groups in total. The van der Waals surface area contributed by atoms with Gasteiger partial charge in [0.05, 0.1) is 0 Å². The zero-order valence-electron chi connectivity index (χ0n) is 12.6. The van der Waals surface area contributed by atoms with Crippen LogP contribution in [0, 0.1) is 11.8 Å². The van der Waals surface area contributed by atoms with Gasteiger partial charge in [-0.2, -0.15) is 13.1 Å². The van der Waals surface area contributed by atoms with Crippen LogP contribution in [0.25, 0.3) is 0 Å². The van der Waals surface area contributed by atoms with E-state index < -0.39 is 10.2 Å². The quantitative estimate of drug-likeness (QED) is 0.740. The highest BCUT2D eigenvalue weighted by Crippen LogP contribution is 2.17. The molecule has 1 fully saturated rings. The Bertz CT molecular complexity index is 347. The molecule has 1 aliphatic rings. The van der Waals surface area contributed by atoms with Crippen molar-refractivity contribution in [1.82, 2.24) is 14.3 Å². The van der Waals surface area contributed by atoms with Crippen molar-refractivity contribution in [2.75, 3.05) is 26.2 Å². The van der Waals surface area contributed by atoms with Crippen LogP contribution in [-0.2, 0) is 10.2 Å². The zero-order chi connectivity index (χ0) is 14.5. The highest BCUT2D eigenvalue weighted by atomic mass is 32.2. The van der Waals surface area contributed by atoms with Gasteiger partial charge >= 0.3 is 0 Å². The molecule has 6 heteroatoms. The lowest BCUT2D eigenvalue weighted by atomic mass is 9.96. The van der Waals surface area contributed by atoms with Crippen LogP contribution in [0.4, 0.5) is 0 Å². The minimum atomic E-state index is -3.33. The SMILES string of the molecule is CC(C)CN1CCC(CNS(=O)(=O)NC(C)C)CC1. The topological polar surface area (TPSA) is 61.4 Å². The summed E-state index contributed by atoms with van der Waals surface area (Å²) in [6.45, 7) is 12.0. The minimum Gasteiger partial charge on any atom is -0.303 e. The summed E-state index contributed by atoms with van der Waals surface area (Å²) < 4.78 is 28.5. The summed E-state index contributed by atoms with van der Waals surface area (Å²) in [5, 5.41) is 0. The fraction of sp³-hybridized carbons (Fsp3) is 1.00. The second kappa shape index (κ2) is 7.57. The Labute approximate surface area is 118 Å². The van der Waals surface area contributed by atoms with Gasteiger partial charge < -0.3 is 4.90 Å². The molecule has 0 aromatic rings. The van der Waals surface area contributed by atoms with E-state index in [9.17, 15) is 8.42 Å². The van der Waals surface area contributed by atoms with Crippen molar-refractivity contribution in [2.24, 2.45) is 11.8 Å². The number of nitrogens with one attached hydrogen (secondary N) is 2. The normalized spacial score (nSPS) is 19.5. The second-order valence-corrected chi connectivity index (χ2v) is 7.79. The number of nitrogens with zero attached hydrogens (tertiary/aromatic N) is 1. The van der Waals surface area contributed by atoms with E-state index in [0.29, 0.717) is 18.4 Å². The molecule has 1 saturated heterocycles. The molecular weight excluding hydrogens is 262 g/mol. The Hall–Kier alpha value is -0.170. The van der Waals surface area contributed by atoms with Crippen LogP contribution in [0.15, 0.2) is 0 Å². The predicted molar refractivity (Wildman–Crippen MR) is 79.2 cm³/mol. The second-order valence-electron chi connectivity index (χ2n) is 6.26. The van der Waals surface area contributed by atoms with Crippen LogP contribution in [0.5, 0.6) is 0 Å². The third-order valence-electron chi connectivity index (χ3n) is 3.28. The molecular formula is C13H29N3O2S. The van der Waals surface area contributed by atoms with Gasteiger partial charge in [0.25, 0.3) is 10.2 Å². The van der Waals surface area contributed by atoms with Crippen LogP contribution in [0.2, 0.25) is 0 Å². The van der Waals surface area contributed by atoms with Gasteiger partial charge in [-0.05, 0) is 51.6 Å². The molecule has 1 heterocycles. The van der Waals surface area contributed by atoms with Crippen molar-refractivity contribution in [3.8, 4) is 0 Å². The molecule has 0 spiro atoms. The van der Waals surface area contributed by atoms with Crippen molar-refractivity contribution < 1.29 is 8.42 Å². The fourth-order valence-electron chi connectivity index (χ4n) is 2.47. The van der Waals surface area contributed by atoms with E-state index in [4.69, 9.17) is 0 Å². The number of rotatable bonds is 7. The van der Waals surface area contributed by atoms with Gasteiger partial charge in [0, 0.05) is 19.1 Å². The molecule has 0 amide bonds. The Morgan fingerprint density at radius 2 is 1.74 bits per heavy atom. The van der Waals surface area contributed by atoms with Gasteiger partial charge in [-0.1, -0.05) is 13.8 Å². The van der Waals surface area contributed by atoms with E-state index in [2.05, 4.69) is 28.2 Å². The maximum Gasteiger partial charge on any atom is 0.277 e. The number of likely N-dealkylation sites (tertiary alicyclic amines) is 1. The van der Waals surface area contributed by atoms with Gasteiger partial charge in [-0.3, -0.25) is 0 Å². The maximum atomic E-state index is 11.7. The summed E-state index contributed by atoms with van der Waals surface area (Å²) in [4.78, 5) is 2.47. The van der Waals surface area contributed by atoms with Gasteiger partial charge in [0.1, 0.15) is 0 Å². The van der Waals surface area contributed by atoms with E-state index in [-0.39, 0.29) is 6.04 Å². The molecule has 0 aromatic heterocycles. The average molecular weight is 291 g/mol. The van der Waals surface area contributed by atoms with Crippen LogP contribution >= 0.6 is 0 Å². The first-order chi connectivity index (χ1) is 8.78. The van der Waals surface area contributed by atoms with Crippen LogP contribution in [-0.4, -0.2) is 45.5 Å². The third-order valence-corrected chi connectivity index (χ3v) is 4.61. The molecule has 0 aromatic carbocycles. The molecule has 0 aliphatic carbocycles. The van der Waals surface area contributed by atoms with E-state index in [1.807, 2.05) is 13.8 Å². The van der Waals surface area contributed by atoms with E-state index in [1.165, 1.54) is 0 Å². The fourth-order valence-corrected chi connectivity index (χ4v) is 3.63. The number of hydrogen-bond acceptors (Lipinski definition) is 3. The molecule has 0 atom stereocenters. The Morgan fingerprint density at radius 3 is 2.21 bits per heavy atom. The van der Waals surface area contributed by atoms with Gasteiger partial charge in [0.2, 0.25) is 0 Å². The molecule has 0 radical (unpaired) electrons. The first-order valence-corrected chi connectivity index (χ1v) is 8.76. The van der Waals surface area contributed by atoms with Gasteiger partial charge in [-0.15, -0.1) is 0 Å². The molecule has 114 valence electrons. The van der Waals surface area contributed by atoms with E-state index >= 15 is 0 Å². The summed E-state index contributed by atoms with van der Waals surface area (Å²) in [5.74, 6) is 1.16. The average Bonchev–Trinajstić information content (AvgIpc) is 2.25. The summed E-state index contributed by atoms with van der Waals surface area (Å²) in [5.41, 5.74) is 0. The van der Waals surface area contributed by atoms with Crippen LogP contribution < -0.4 is 9.44 Å². The Kier molecular flexibility index (Phi) is 6.73. The molecule has 0 bridgehead atoms. The first kappa shape index (κ1) is 16.9. The highest BCUT2D eigenvalue weighted by Gasteiger charge is 2.21. The molecule has 0 saturated carbocycles. The third kappa shape index (κ3) is 7.25. The lowest BCUT2D eigenvalue weighted by molar-refractivity contribution is 0.169. The first-order valence-electron chi connectivity index (χ1n) is 7.27. The highest BCUT2D eigenvalue weighted by molar-refractivity contribution is 7.87. The molecule has 1 aliphatic heterocycles. The van der Waals surface area contributed by atoms with E-state index in [1.54, 1.807) is 0 Å². The summed E-state index contributed by atoms with van der Waals surface area (Å²) in [7, 11) is -3.33. The number of piperidine rings is 1. The smallest absolute Gasteiger partial charge is 0.277 e. The van der Waals surface area contributed by atoms with Crippen molar-refractivity contribution in [3.05, 3.63) is 0 Å². The maximum absolute atomic E-state index is 11.7. The van der Waals surface area contributed by atoms with Crippen LogP contribution in [0.1, 0.15) is 40.5 Å². The molecule has 0 unspecified atom stereocenters. The largest absolute Gasteiger partial charge is 0.303 e.